The Bertz CT molecular complexity index is 1310. The number of amides is 4. The lowest BCUT2D eigenvalue weighted by Crippen LogP contribution is -2.59. The topological polar surface area (TPSA) is 98.2 Å². The second-order valence-corrected chi connectivity index (χ2v) is 12.1. The molecule has 1 unspecified atom stereocenters. The first-order chi connectivity index (χ1) is 18.5. The van der Waals surface area contributed by atoms with Crippen molar-refractivity contribution >= 4 is 47.0 Å². The smallest absolute Gasteiger partial charge is 0.327 e. The lowest BCUT2D eigenvalue weighted by Gasteiger charge is -2.52. The second kappa shape index (κ2) is 10.5. The summed E-state index contributed by atoms with van der Waals surface area (Å²) in [5.41, 5.74) is 0.529. The van der Waals surface area contributed by atoms with E-state index in [1.807, 2.05) is 30.3 Å². The molecule has 2 aromatic rings. The SMILES string of the molecule is CN1CC(=O)N(CC(C2CC2)N2C(=O)[C@@](C)(CC(=O)O)C[C@H](c3cccc(Cl)c3)[C@H]2c2ccc(Cl)cc2)C1=O. The van der Waals surface area contributed by atoms with Crippen molar-refractivity contribution in [1.29, 1.82) is 0 Å². The number of aliphatic carboxylic acids is 1. The van der Waals surface area contributed by atoms with Crippen molar-refractivity contribution in [3.8, 4) is 0 Å². The highest BCUT2D eigenvalue weighted by atomic mass is 35.5. The van der Waals surface area contributed by atoms with Gasteiger partial charge in [0.25, 0.3) is 0 Å². The molecule has 2 aromatic carbocycles. The third-order valence-electron chi connectivity index (χ3n) is 8.26. The van der Waals surface area contributed by atoms with Crippen LogP contribution in [0.2, 0.25) is 10.0 Å². The number of carbonyl (C=O) groups excluding carboxylic acids is 3. The number of carboxylic acid groups (broad SMARTS) is 1. The summed E-state index contributed by atoms with van der Waals surface area (Å²) >= 11 is 12.6. The highest BCUT2D eigenvalue weighted by Crippen LogP contribution is 2.54. The number of halogens is 2. The molecule has 0 aromatic heterocycles. The molecule has 4 atom stereocenters. The van der Waals surface area contributed by atoms with E-state index in [2.05, 4.69) is 0 Å². The van der Waals surface area contributed by atoms with Gasteiger partial charge in [-0.1, -0.05) is 54.4 Å². The van der Waals surface area contributed by atoms with E-state index in [1.54, 1.807) is 37.1 Å². The summed E-state index contributed by atoms with van der Waals surface area (Å²) in [5.74, 6) is -1.86. The number of carboxylic acids is 1. The van der Waals surface area contributed by atoms with Gasteiger partial charge in [0.15, 0.2) is 0 Å². The highest BCUT2D eigenvalue weighted by Gasteiger charge is 2.55. The molecule has 4 amide bonds. The molecule has 8 nitrogen and oxygen atoms in total. The van der Waals surface area contributed by atoms with Gasteiger partial charge >= 0.3 is 12.0 Å². The quantitative estimate of drug-likeness (QED) is 0.439. The number of nitrogens with zero attached hydrogens (tertiary/aromatic N) is 3. The summed E-state index contributed by atoms with van der Waals surface area (Å²) in [6, 6.07) is 13.4. The predicted octanol–water partition coefficient (Wildman–Crippen LogP) is 5.20. The molecule has 0 radical (unpaired) electrons. The summed E-state index contributed by atoms with van der Waals surface area (Å²) in [5, 5.41) is 10.9. The van der Waals surface area contributed by atoms with Crippen molar-refractivity contribution in [3.63, 3.8) is 0 Å². The first-order valence-corrected chi connectivity index (χ1v) is 13.8. The molecule has 2 saturated heterocycles. The zero-order valence-corrected chi connectivity index (χ0v) is 23.4. The molecule has 1 N–H and O–H groups in total. The minimum atomic E-state index is -1.20. The van der Waals surface area contributed by atoms with Crippen molar-refractivity contribution in [2.45, 2.75) is 50.6 Å². The van der Waals surface area contributed by atoms with Crippen molar-refractivity contribution in [2.24, 2.45) is 11.3 Å². The first kappa shape index (κ1) is 27.5. The van der Waals surface area contributed by atoms with Crippen LogP contribution in [0.25, 0.3) is 0 Å². The normalized spacial score (nSPS) is 26.4. The van der Waals surface area contributed by atoms with Gasteiger partial charge in [-0.2, -0.15) is 0 Å². The van der Waals surface area contributed by atoms with Crippen LogP contribution in [0, 0.1) is 11.3 Å². The van der Waals surface area contributed by atoms with Crippen LogP contribution in [-0.2, 0) is 14.4 Å². The molecule has 3 aliphatic rings. The fourth-order valence-corrected chi connectivity index (χ4v) is 6.55. The summed E-state index contributed by atoms with van der Waals surface area (Å²) < 4.78 is 0. The third kappa shape index (κ3) is 5.37. The van der Waals surface area contributed by atoms with Gasteiger partial charge in [-0.3, -0.25) is 19.3 Å². The van der Waals surface area contributed by atoms with E-state index in [0.29, 0.717) is 16.5 Å². The molecule has 1 saturated carbocycles. The summed E-state index contributed by atoms with van der Waals surface area (Å²) in [6.45, 7) is 1.76. The average molecular weight is 572 g/mol. The Morgan fingerprint density at radius 2 is 1.74 bits per heavy atom. The number of likely N-dealkylation sites (tertiary alicyclic amines) is 1. The van der Waals surface area contributed by atoms with E-state index in [4.69, 9.17) is 23.2 Å². The van der Waals surface area contributed by atoms with Crippen LogP contribution in [0.4, 0.5) is 4.79 Å². The molecule has 5 rings (SSSR count). The van der Waals surface area contributed by atoms with Crippen LogP contribution in [-0.4, -0.2) is 69.8 Å². The number of hydrogen-bond acceptors (Lipinski definition) is 4. The predicted molar refractivity (Wildman–Crippen MR) is 146 cm³/mol. The maximum atomic E-state index is 14.5. The number of carbonyl (C=O) groups is 4. The van der Waals surface area contributed by atoms with E-state index in [1.165, 1.54) is 9.80 Å². The Morgan fingerprint density at radius 1 is 1.05 bits per heavy atom. The van der Waals surface area contributed by atoms with Crippen molar-refractivity contribution < 1.29 is 24.3 Å². The highest BCUT2D eigenvalue weighted by molar-refractivity contribution is 6.30. The van der Waals surface area contributed by atoms with E-state index >= 15 is 0 Å². The molecule has 1 aliphatic carbocycles. The van der Waals surface area contributed by atoms with Crippen LogP contribution < -0.4 is 0 Å². The molecule has 3 fully saturated rings. The van der Waals surface area contributed by atoms with Gasteiger partial charge in [0.05, 0.1) is 30.5 Å². The Hall–Kier alpha value is -3.10. The fourth-order valence-electron chi connectivity index (χ4n) is 6.23. The van der Waals surface area contributed by atoms with Gasteiger partial charge in [0.2, 0.25) is 11.8 Å². The molecular formula is C29H31Cl2N3O5. The third-order valence-corrected chi connectivity index (χ3v) is 8.74. The lowest BCUT2D eigenvalue weighted by atomic mass is 9.67. The van der Waals surface area contributed by atoms with Crippen LogP contribution in [0.1, 0.15) is 55.7 Å². The van der Waals surface area contributed by atoms with E-state index < -0.39 is 29.5 Å². The number of rotatable bonds is 8. The number of hydrogen-bond donors (Lipinski definition) is 1. The number of piperidine rings is 1. The molecular weight excluding hydrogens is 541 g/mol. The molecule has 206 valence electrons. The van der Waals surface area contributed by atoms with Crippen LogP contribution in [0.15, 0.2) is 48.5 Å². The van der Waals surface area contributed by atoms with E-state index in [0.717, 1.165) is 24.0 Å². The Labute approximate surface area is 237 Å². The fraction of sp³-hybridized carbons (Fsp3) is 0.448. The molecule has 2 aliphatic heterocycles. The largest absolute Gasteiger partial charge is 0.481 e. The van der Waals surface area contributed by atoms with Gasteiger partial charge in [-0.15, -0.1) is 0 Å². The minimum Gasteiger partial charge on any atom is -0.481 e. The van der Waals surface area contributed by atoms with Crippen molar-refractivity contribution in [3.05, 3.63) is 69.7 Å². The Kier molecular flexibility index (Phi) is 7.37. The van der Waals surface area contributed by atoms with Crippen LogP contribution >= 0.6 is 23.2 Å². The minimum absolute atomic E-state index is 0.00729. The number of imide groups is 1. The number of benzene rings is 2. The van der Waals surface area contributed by atoms with Gasteiger partial charge < -0.3 is 14.9 Å². The lowest BCUT2D eigenvalue weighted by molar-refractivity contribution is -0.161. The second-order valence-electron chi connectivity index (χ2n) is 11.3. The molecule has 39 heavy (non-hydrogen) atoms. The van der Waals surface area contributed by atoms with Crippen molar-refractivity contribution in [2.75, 3.05) is 20.1 Å². The van der Waals surface area contributed by atoms with Crippen LogP contribution in [0.3, 0.4) is 0 Å². The molecule has 10 heteroatoms. The van der Waals surface area contributed by atoms with Crippen molar-refractivity contribution in [1.82, 2.24) is 14.7 Å². The standard InChI is InChI=1S/C29H31Cl2N3O5/c1-29(14-25(36)37)13-22(19-4-3-5-21(31)12-19)26(18-8-10-20(30)11-9-18)34(27(29)38)23(17-6-7-17)15-33-24(35)16-32(2)28(33)39/h3-5,8-12,17,22-23,26H,6-7,13-16H2,1-2H3,(H,36,37)/t22-,23?,26-,29-/m1/s1. The average Bonchev–Trinajstić information content (AvgIpc) is 3.68. The zero-order chi connectivity index (χ0) is 28.1. The summed E-state index contributed by atoms with van der Waals surface area (Å²) in [4.78, 5) is 56.5. The van der Waals surface area contributed by atoms with Gasteiger partial charge in [0.1, 0.15) is 6.54 Å². The van der Waals surface area contributed by atoms with E-state index in [-0.39, 0.29) is 43.2 Å². The summed E-state index contributed by atoms with van der Waals surface area (Å²) in [7, 11) is 1.58. The monoisotopic (exact) mass is 571 g/mol. The van der Waals surface area contributed by atoms with Gasteiger partial charge in [0, 0.05) is 23.0 Å². The molecule has 2 heterocycles. The summed E-state index contributed by atoms with van der Waals surface area (Å²) in [6.07, 6.45) is 1.66. The number of urea groups is 1. The molecule has 0 spiro atoms. The first-order valence-electron chi connectivity index (χ1n) is 13.1. The Balaban J connectivity index is 1.67. The van der Waals surface area contributed by atoms with Gasteiger partial charge in [-0.25, -0.2) is 4.79 Å². The van der Waals surface area contributed by atoms with Gasteiger partial charge in [-0.05, 0) is 60.6 Å². The van der Waals surface area contributed by atoms with Crippen LogP contribution in [0.5, 0.6) is 0 Å². The van der Waals surface area contributed by atoms with E-state index in [9.17, 15) is 24.3 Å². The maximum Gasteiger partial charge on any atom is 0.327 e. The zero-order valence-electron chi connectivity index (χ0n) is 21.8. The number of likely N-dealkylation sites (N-methyl/N-ethyl adjacent to an activating group) is 1. The molecule has 0 bridgehead atoms. The Morgan fingerprint density at radius 3 is 2.31 bits per heavy atom. The maximum absolute atomic E-state index is 14.5.